The van der Waals surface area contributed by atoms with Crippen molar-refractivity contribution in [2.24, 2.45) is 5.92 Å². The third-order valence-corrected chi connectivity index (χ3v) is 8.13. The Morgan fingerprint density at radius 2 is 1.49 bits per heavy atom. The summed E-state index contributed by atoms with van der Waals surface area (Å²) in [6.07, 6.45) is 4.85. The van der Waals surface area contributed by atoms with Gasteiger partial charge in [0, 0.05) is 51.0 Å². The summed E-state index contributed by atoms with van der Waals surface area (Å²) in [7, 11) is 3.19. The third-order valence-electron chi connectivity index (χ3n) is 8.13. The van der Waals surface area contributed by atoms with E-state index in [0.29, 0.717) is 19.4 Å². The van der Waals surface area contributed by atoms with Crippen LogP contribution >= 0.6 is 0 Å². The van der Waals surface area contributed by atoms with Crippen molar-refractivity contribution < 1.29 is 23.8 Å². The van der Waals surface area contributed by atoms with Crippen molar-refractivity contribution in [2.75, 3.05) is 20.8 Å². The van der Waals surface area contributed by atoms with Gasteiger partial charge in [-0.15, -0.1) is 0 Å². The standard InChI is InChI=1S/C29H35NO5/c1-33-28(34-2)15-14-27(31)19-16-20-8-7-9-21(17-19)30(20)29(32)35-18-26-24-12-5-3-10-22(24)23-11-4-6-13-25(23)26/h3-6,10-13,19-21,26,28H,7-9,14-18H2,1-2H3. The van der Waals surface area contributed by atoms with Crippen molar-refractivity contribution in [1.29, 1.82) is 0 Å². The molecule has 2 bridgehead atoms. The fourth-order valence-electron chi connectivity index (χ4n) is 6.41. The van der Waals surface area contributed by atoms with Crippen molar-refractivity contribution >= 4 is 11.9 Å². The molecule has 3 aliphatic rings. The van der Waals surface area contributed by atoms with E-state index in [1.165, 1.54) is 22.3 Å². The van der Waals surface area contributed by atoms with Crippen molar-refractivity contribution in [1.82, 2.24) is 4.90 Å². The van der Waals surface area contributed by atoms with Gasteiger partial charge in [0.2, 0.25) is 0 Å². The lowest BCUT2D eigenvalue weighted by atomic mass is 9.76. The Labute approximate surface area is 207 Å². The molecule has 2 atom stereocenters. The number of hydrogen-bond acceptors (Lipinski definition) is 5. The third kappa shape index (κ3) is 4.74. The van der Waals surface area contributed by atoms with Crippen LogP contribution in [0, 0.1) is 5.92 Å². The molecule has 2 aromatic rings. The Morgan fingerprint density at radius 1 is 0.914 bits per heavy atom. The summed E-state index contributed by atoms with van der Waals surface area (Å²) in [5.41, 5.74) is 4.89. The first kappa shape index (κ1) is 24.0. The maximum Gasteiger partial charge on any atom is 0.410 e. The predicted molar refractivity (Wildman–Crippen MR) is 133 cm³/mol. The summed E-state index contributed by atoms with van der Waals surface area (Å²) in [5.74, 6) is 0.310. The highest BCUT2D eigenvalue weighted by atomic mass is 16.7. The fourth-order valence-corrected chi connectivity index (χ4v) is 6.41. The number of amides is 1. The minimum atomic E-state index is -0.348. The van der Waals surface area contributed by atoms with Crippen molar-refractivity contribution in [3.05, 3.63) is 59.7 Å². The van der Waals surface area contributed by atoms with Gasteiger partial charge in [0.15, 0.2) is 6.29 Å². The Bertz CT molecular complexity index is 1010. The van der Waals surface area contributed by atoms with Gasteiger partial charge in [-0.05, 0) is 54.4 Å². The molecule has 2 aliphatic heterocycles. The van der Waals surface area contributed by atoms with E-state index in [2.05, 4.69) is 36.4 Å². The van der Waals surface area contributed by atoms with Gasteiger partial charge in [0.05, 0.1) is 0 Å². The molecule has 5 rings (SSSR count). The van der Waals surface area contributed by atoms with Gasteiger partial charge in [0.1, 0.15) is 12.4 Å². The summed E-state index contributed by atoms with van der Waals surface area (Å²) in [4.78, 5) is 28.2. The second-order valence-electron chi connectivity index (χ2n) is 10.0. The van der Waals surface area contributed by atoms with Crippen molar-refractivity contribution in [3.8, 4) is 11.1 Å². The van der Waals surface area contributed by atoms with E-state index < -0.39 is 0 Å². The molecule has 2 fully saturated rings. The van der Waals surface area contributed by atoms with E-state index >= 15 is 0 Å². The highest BCUT2D eigenvalue weighted by molar-refractivity contribution is 5.82. The van der Waals surface area contributed by atoms with Gasteiger partial charge in [-0.3, -0.25) is 4.79 Å². The van der Waals surface area contributed by atoms with Crippen LogP contribution in [0.1, 0.15) is 62.0 Å². The number of methoxy groups -OCH3 is 2. The molecule has 2 aromatic carbocycles. The van der Waals surface area contributed by atoms with Crippen LogP contribution in [-0.4, -0.2) is 56.0 Å². The van der Waals surface area contributed by atoms with Gasteiger partial charge in [-0.2, -0.15) is 0 Å². The fraction of sp³-hybridized carbons (Fsp3) is 0.517. The van der Waals surface area contributed by atoms with E-state index in [1.807, 2.05) is 17.0 Å². The Morgan fingerprint density at radius 3 is 2.06 bits per heavy atom. The van der Waals surface area contributed by atoms with Crippen molar-refractivity contribution in [3.63, 3.8) is 0 Å². The number of hydrogen-bond donors (Lipinski definition) is 0. The lowest BCUT2D eigenvalue weighted by Crippen LogP contribution is -2.55. The Kier molecular flexibility index (Phi) is 7.21. The average molecular weight is 478 g/mol. The lowest BCUT2D eigenvalue weighted by Gasteiger charge is -2.47. The second kappa shape index (κ2) is 10.5. The molecule has 1 aliphatic carbocycles. The maximum atomic E-state index is 13.3. The number of Topliss-reactive ketones (excluding diaryl/α,β-unsaturated/α-hetero) is 1. The molecule has 6 nitrogen and oxygen atoms in total. The van der Waals surface area contributed by atoms with E-state index in [0.717, 1.165) is 32.1 Å². The highest BCUT2D eigenvalue weighted by Crippen LogP contribution is 2.45. The van der Waals surface area contributed by atoms with Crippen LogP contribution in [-0.2, 0) is 19.0 Å². The van der Waals surface area contributed by atoms with Crippen LogP contribution in [0.25, 0.3) is 11.1 Å². The number of carbonyl (C=O) groups excluding carboxylic acids is 2. The first-order valence-corrected chi connectivity index (χ1v) is 12.8. The largest absolute Gasteiger partial charge is 0.448 e. The normalized spacial score (nSPS) is 23.2. The van der Waals surface area contributed by atoms with E-state index in [-0.39, 0.29) is 42.1 Å². The maximum absolute atomic E-state index is 13.3. The molecular formula is C29H35NO5. The zero-order valence-electron chi connectivity index (χ0n) is 20.7. The topological polar surface area (TPSA) is 65.1 Å². The molecule has 0 spiro atoms. The molecule has 2 saturated heterocycles. The highest BCUT2D eigenvalue weighted by Gasteiger charge is 2.43. The number of ketones is 1. The average Bonchev–Trinajstić information content (AvgIpc) is 3.20. The second-order valence-corrected chi connectivity index (χ2v) is 10.0. The number of piperidine rings is 2. The van der Waals surface area contributed by atoms with E-state index in [1.54, 1.807) is 14.2 Å². The molecule has 2 heterocycles. The molecule has 1 amide bonds. The molecule has 0 aromatic heterocycles. The van der Waals surface area contributed by atoms with Gasteiger partial charge < -0.3 is 19.1 Å². The minimum Gasteiger partial charge on any atom is -0.448 e. The molecule has 186 valence electrons. The quantitative estimate of drug-likeness (QED) is 0.467. The first-order valence-electron chi connectivity index (χ1n) is 12.8. The van der Waals surface area contributed by atoms with Crippen LogP contribution in [0.2, 0.25) is 0 Å². The molecular weight excluding hydrogens is 442 g/mol. The number of ether oxygens (including phenoxy) is 3. The number of carbonyl (C=O) groups is 2. The zero-order valence-corrected chi connectivity index (χ0v) is 20.7. The number of fused-ring (bicyclic) bond motifs is 5. The molecule has 6 heteroatoms. The van der Waals surface area contributed by atoms with E-state index in [4.69, 9.17) is 14.2 Å². The molecule has 0 radical (unpaired) electrons. The first-order chi connectivity index (χ1) is 17.1. The summed E-state index contributed by atoms with van der Waals surface area (Å²) in [6.45, 7) is 0.334. The SMILES string of the molecule is COC(CCC(=O)C1CC2CCCC(C1)N2C(=O)OCC1c2ccccc2-c2ccccc21)OC. The zero-order chi connectivity index (χ0) is 24.4. The predicted octanol–water partition coefficient (Wildman–Crippen LogP) is 5.54. The molecule has 35 heavy (non-hydrogen) atoms. The van der Waals surface area contributed by atoms with Crippen LogP contribution < -0.4 is 0 Å². The van der Waals surface area contributed by atoms with Crippen LogP contribution in [0.3, 0.4) is 0 Å². The number of rotatable bonds is 8. The summed E-state index contributed by atoms with van der Waals surface area (Å²) < 4.78 is 16.4. The van der Waals surface area contributed by atoms with Crippen LogP contribution in [0.15, 0.2) is 48.5 Å². The van der Waals surface area contributed by atoms with Gasteiger partial charge in [0.25, 0.3) is 0 Å². The minimum absolute atomic E-state index is 0.00250. The monoisotopic (exact) mass is 477 g/mol. The Balaban J connectivity index is 1.23. The molecule has 2 unspecified atom stereocenters. The molecule has 0 N–H and O–H groups in total. The van der Waals surface area contributed by atoms with Gasteiger partial charge in [-0.1, -0.05) is 48.5 Å². The van der Waals surface area contributed by atoms with Gasteiger partial charge in [-0.25, -0.2) is 4.79 Å². The summed E-state index contributed by atoms with van der Waals surface area (Å²) in [5, 5.41) is 0. The summed E-state index contributed by atoms with van der Waals surface area (Å²) >= 11 is 0. The van der Waals surface area contributed by atoms with Crippen LogP contribution in [0.5, 0.6) is 0 Å². The summed E-state index contributed by atoms with van der Waals surface area (Å²) in [6, 6.07) is 16.9. The number of nitrogens with zero attached hydrogens (tertiary/aromatic N) is 1. The van der Waals surface area contributed by atoms with Crippen molar-refractivity contribution in [2.45, 2.75) is 69.2 Å². The van der Waals surface area contributed by atoms with Crippen LogP contribution in [0.4, 0.5) is 4.79 Å². The lowest BCUT2D eigenvalue weighted by molar-refractivity contribution is -0.133. The van der Waals surface area contributed by atoms with E-state index in [9.17, 15) is 9.59 Å². The van der Waals surface area contributed by atoms with Gasteiger partial charge >= 0.3 is 6.09 Å². The Hall–Kier alpha value is -2.70. The smallest absolute Gasteiger partial charge is 0.410 e. The number of benzene rings is 2. The molecule has 0 saturated carbocycles.